The molecule has 1 aromatic heterocycles. The summed E-state index contributed by atoms with van der Waals surface area (Å²) in [7, 11) is 0. The number of benzene rings is 1. The molecule has 0 unspecified atom stereocenters. The zero-order valence-electron chi connectivity index (χ0n) is 9.75. The van der Waals surface area contributed by atoms with Gasteiger partial charge in [-0.05, 0) is 6.42 Å². The van der Waals surface area contributed by atoms with Crippen molar-refractivity contribution in [2.24, 2.45) is 0 Å². The summed E-state index contributed by atoms with van der Waals surface area (Å²) in [4.78, 5) is 3.99. The molecule has 0 aliphatic rings. The molecule has 0 aliphatic carbocycles. The van der Waals surface area contributed by atoms with Crippen molar-refractivity contribution >= 4 is 5.95 Å². The summed E-state index contributed by atoms with van der Waals surface area (Å²) >= 11 is 0. The van der Waals surface area contributed by atoms with Crippen LogP contribution in [0.1, 0.15) is 13.3 Å². The first kappa shape index (κ1) is 12.5. The number of nitrogens with one attached hydrogen (secondary N) is 1. The number of nitrogens with zero attached hydrogens (tertiary/aromatic N) is 2. The Labute approximate surface area is 102 Å². The number of hydrogen-bond acceptors (Lipinski definition) is 2. The van der Waals surface area contributed by atoms with Gasteiger partial charge in [0.15, 0.2) is 11.6 Å². The lowest BCUT2D eigenvalue weighted by molar-refractivity contribution is 0.493. The third-order valence-corrected chi connectivity index (χ3v) is 2.42. The van der Waals surface area contributed by atoms with Crippen molar-refractivity contribution in [2.75, 3.05) is 11.9 Å². The standard InChI is InChI=1S/C12H12F3N3/c1-2-3-16-12-17-4-5-18(12)11-7-9(14)8(13)6-10(11)15/h4-7H,2-3H2,1H3,(H,16,17). The van der Waals surface area contributed by atoms with E-state index in [0.717, 1.165) is 12.5 Å². The molecule has 0 aliphatic heterocycles. The van der Waals surface area contributed by atoms with E-state index in [9.17, 15) is 13.2 Å². The third-order valence-electron chi connectivity index (χ3n) is 2.42. The average Bonchev–Trinajstić information content (AvgIpc) is 2.79. The van der Waals surface area contributed by atoms with E-state index in [1.165, 1.54) is 17.0 Å². The Morgan fingerprint density at radius 3 is 2.61 bits per heavy atom. The minimum absolute atomic E-state index is 0.0787. The average molecular weight is 255 g/mol. The number of halogens is 3. The van der Waals surface area contributed by atoms with E-state index in [1.807, 2.05) is 6.92 Å². The summed E-state index contributed by atoms with van der Waals surface area (Å²) in [5.74, 6) is -2.76. The van der Waals surface area contributed by atoms with Crippen molar-refractivity contribution in [1.82, 2.24) is 9.55 Å². The zero-order valence-corrected chi connectivity index (χ0v) is 9.75. The molecule has 6 heteroatoms. The van der Waals surface area contributed by atoms with Gasteiger partial charge in [-0.25, -0.2) is 18.2 Å². The van der Waals surface area contributed by atoms with Crippen LogP contribution in [0.25, 0.3) is 5.69 Å². The Balaban J connectivity index is 2.42. The van der Waals surface area contributed by atoms with Crippen LogP contribution >= 0.6 is 0 Å². The molecular weight excluding hydrogens is 243 g/mol. The maximum atomic E-state index is 13.6. The summed E-state index contributed by atoms with van der Waals surface area (Å²) in [6, 6.07) is 1.33. The summed E-state index contributed by atoms with van der Waals surface area (Å²) in [6.07, 6.45) is 3.81. The van der Waals surface area contributed by atoms with Crippen LogP contribution in [0.2, 0.25) is 0 Å². The van der Waals surface area contributed by atoms with Gasteiger partial charge in [0.25, 0.3) is 0 Å². The summed E-state index contributed by atoms with van der Waals surface area (Å²) in [5.41, 5.74) is -0.0787. The lowest BCUT2D eigenvalue weighted by Gasteiger charge is -2.10. The predicted molar refractivity (Wildman–Crippen MR) is 62.2 cm³/mol. The Morgan fingerprint density at radius 2 is 1.89 bits per heavy atom. The maximum absolute atomic E-state index is 13.6. The summed E-state index contributed by atoms with van der Waals surface area (Å²) in [5, 5.41) is 2.97. The lowest BCUT2D eigenvalue weighted by atomic mass is 10.3. The van der Waals surface area contributed by atoms with Crippen LogP contribution in [0.15, 0.2) is 24.5 Å². The molecule has 0 radical (unpaired) electrons. The lowest BCUT2D eigenvalue weighted by Crippen LogP contribution is -2.08. The summed E-state index contributed by atoms with van der Waals surface area (Å²) < 4.78 is 40.9. The van der Waals surface area contributed by atoms with Crippen LogP contribution in [0.5, 0.6) is 0 Å². The maximum Gasteiger partial charge on any atom is 0.207 e. The molecule has 1 aromatic carbocycles. The van der Waals surface area contributed by atoms with E-state index in [4.69, 9.17) is 0 Å². The first-order chi connectivity index (χ1) is 8.63. The molecule has 0 spiro atoms. The molecule has 0 saturated heterocycles. The summed E-state index contributed by atoms with van der Waals surface area (Å²) in [6.45, 7) is 2.63. The van der Waals surface area contributed by atoms with E-state index in [0.29, 0.717) is 18.6 Å². The molecule has 2 rings (SSSR count). The molecule has 2 aromatic rings. The first-order valence-corrected chi connectivity index (χ1v) is 5.55. The van der Waals surface area contributed by atoms with Crippen LogP contribution in [-0.4, -0.2) is 16.1 Å². The van der Waals surface area contributed by atoms with Crippen molar-refractivity contribution < 1.29 is 13.2 Å². The van der Waals surface area contributed by atoms with Crippen molar-refractivity contribution in [3.63, 3.8) is 0 Å². The highest BCUT2D eigenvalue weighted by Gasteiger charge is 2.13. The van der Waals surface area contributed by atoms with E-state index < -0.39 is 17.5 Å². The number of anilines is 1. The predicted octanol–water partition coefficient (Wildman–Crippen LogP) is 3.11. The van der Waals surface area contributed by atoms with Crippen molar-refractivity contribution in [1.29, 1.82) is 0 Å². The largest absolute Gasteiger partial charge is 0.355 e. The second-order valence-corrected chi connectivity index (χ2v) is 3.77. The highest BCUT2D eigenvalue weighted by atomic mass is 19.2. The second-order valence-electron chi connectivity index (χ2n) is 3.77. The smallest absolute Gasteiger partial charge is 0.207 e. The van der Waals surface area contributed by atoms with Gasteiger partial charge >= 0.3 is 0 Å². The van der Waals surface area contributed by atoms with Gasteiger partial charge in [-0.3, -0.25) is 4.57 Å². The number of hydrogen-bond donors (Lipinski definition) is 1. The monoisotopic (exact) mass is 255 g/mol. The molecule has 1 heterocycles. The molecule has 3 nitrogen and oxygen atoms in total. The van der Waals surface area contributed by atoms with Crippen LogP contribution in [0.3, 0.4) is 0 Å². The quantitative estimate of drug-likeness (QED) is 0.851. The first-order valence-electron chi connectivity index (χ1n) is 5.55. The minimum atomic E-state index is -1.21. The van der Waals surface area contributed by atoms with Gasteiger partial charge in [-0.15, -0.1) is 0 Å². The Hall–Kier alpha value is -1.98. The molecule has 0 amide bonds. The second kappa shape index (κ2) is 5.12. The Morgan fingerprint density at radius 1 is 1.17 bits per heavy atom. The van der Waals surface area contributed by atoms with E-state index in [-0.39, 0.29) is 5.69 Å². The molecule has 96 valence electrons. The molecule has 1 N–H and O–H groups in total. The van der Waals surface area contributed by atoms with Crippen LogP contribution in [0, 0.1) is 17.5 Å². The van der Waals surface area contributed by atoms with E-state index >= 15 is 0 Å². The van der Waals surface area contributed by atoms with Gasteiger partial charge in [0.1, 0.15) is 5.82 Å². The van der Waals surface area contributed by atoms with Crippen molar-refractivity contribution in [3.05, 3.63) is 42.0 Å². The number of imidazole rings is 1. The number of aromatic nitrogens is 2. The molecule has 0 bridgehead atoms. The fourth-order valence-electron chi connectivity index (χ4n) is 1.56. The fraction of sp³-hybridized carbons (Fsp3) is 0.250. The molecule has 0 saturated carbocycles. The Kier molecular flexibility index (Phi) is 3.55. The molecule has 0 fully saturated rings. The van der Waals surface area contributed by atoms with Crippen LogP contribution in [-0.2, 0) is 0 Å². The van der Waals surface area contributed by atoms with Crippen LogP contribution in [0.4, 0.5) is 19.1 Å². The molecular formula is C12H12F3N3. The highest BCUT2D eigenvalue weighted by molar-refractivity contribution is 5.43. The van der Waals surface area contributed by atoms with Gasteiger partial charge in [0, 0.05) is 31.1 Å². The number of rotatable bonds is 4. The van der Waals surface area contributed by atoms with Crippen LogP contribution < -0.4 is 5.32 Å². The SMILES string of the molecule is CCCNc1nccn1-c1cc(F)c(F)cc1F. The van der Waals surface area contributed by atoms with Gasteiger partial charge in [-0.2, -0.15) is 0 Å². The molecule has 18 heavy (non-hydrogen) atoms. The van der Waals surface area contributed by atoms with Gasteiger partial charge in [0.05, 0.1) is 5.69 Å². The van der Waals surface area contributed by atoms with E-state index in [1.54, 1.807) is 0 Å². The fourth-order valence-corrected chi connectivity index (χ4v) is 1.56. The molecule has 0 atom stereocenters. The van der Waals surface area contributed by atoms with Crippen molar-refractivity contribution in [3.8, 4) is 5.69 Å². The van der Waals surface area contributed by atoms with Gasteiger partial charge in [-0.1, -0.05) is 6.92 Å². The third kappa shape index (κ3) is 2.32. The van der Waals surface area contributed by atoms with Crippen molar-refractivity contribution in [2.45, 2.75) is 13.3 Å². The highest BCUT2D eigenvalue weighted by Crippen LogP contribution is 2.20. The topological polar surface area (TPSA) is 29.9 Å². The Bertz CT molecular complexity index is 551. The zero-order chi connectivity index (χ0) is 13.1. The van der Waals surface area contributed by atoms with E-state index in [2.05, 4.69) is 10.3 Å². The van der Waals surface area contributed by atoms with Gasteiger partial charge in [0.2, 0.25) is 5.95 Å². The normalized spacial score (nSPS) is 10.7. The van der Waals surface area contributed by atoms with Gasteiger partial charge < -0.3 is 5.32 Å². The minimum Gasteiger partial charge on any atom is -0.355 e.